The number of para-hydroxylation sites is 1. The molecule has 0 saturated carbocycles. The first-order valence-electron chi connectivity index (χ1n) is 14.3. The van der Waals surface area contributed by atoms with Crippen LogP contribution in [0.5, 0.6) is 0 Å². The highest BCUT2D eigenvalue weighted by Crippen LogP contribution is 2.19. The smallest absolute Gasteiger partial charge is 0.329 e. The first-order chi connectivity index (χ1) is 20.6. The lowest BCUT2D eigenvalue weighted by Crippen LogP contribution is -2.57. The number of aromatic amines is 1. The van der Waals surface area contributed by atoms with Gasteiger partial charge in [-0.3, -0.25) is 19.2 Å². The Kier molecular flexibility index (Phi) is 12.2. The Morgan fingerprint density at radius 1 is 0.930 bits per heavy atom. The van der Waals surface area contributed by atoms with Gasteiger partial charge in [0.25, 0.3) is 0 Å². The molecule has 1 aromatic heterocycles. The van der Waals surface area contributed by atoms with Crippen LogP contribution in [0.15, 0.2) is 60.8 Å². The van der Waals surface area contributed by atoms with Crippen LogP contribution < -0.4 is 16.0 Å². The summed E-state index contributed by atoms with van der Waals surface area (Å²) in [6, 6.07) is 13.4. The van der Waals surface area contributed by atoms with Crippen molar-refractivity contribution >= 4 is 46.6 Å². The fourth-order valence-corrected chi connectivity index (χ4v) is 4.62. The fraction of sp³-hybridized carbons (Fsp3) is 0.375. The van der Waals surface area contributed by atoms with Gasteiger partial charge in [0.2, 0.25) is 17.7 Å². The predicted octanol–water partition coefficient (Wildman–Crippen LogP) is 2.97. The highest BCUT2D eigenvalue weighted by molar-refractivity contribution is 6.26. The minimum atomic E-state index is -1.22. The quantitative estimate of drug-likeness (QED) is 0.127. The maximum atomic E-state index is 13.5. The van der Waals surface area contributed by atoms with E-state index >= 15 is 0 Å². The number of carbonyl (C=O) groups is 5. The van der Waals surface area contributed by atoms with Crippen LogP contribution in [0.4, 0.5) is 0 Å². The summed E-state index contributed by atoms with van der Waals surface area (Å²) in [6.07, 6.45) is 2.82. The third-order valence-electron chi connectivity index (χ3n) is 7.25. The van der Waals surface area contributed by atoms with Crippen LogP contribution in [0.1, 0.15) is 51.2 Å². The van der Waals surface area contributed by atoms with E-state index in [0.29, 0.717) is 12.6 Å². The third kappa shape index (κ3) is 9.63. The van der Waals surface area contributed by atoms with Crippen LogP contribution in [0.2, 0.25) is 0 Å². The summed E-state index contributed by atoms with van der Waals surface area (Å²) < 4.78 is 5.49. The van der Waals surface area contributed by atoms with Crippen molar-refractivity contribution < 1.29 is 28.7 Å². The third-order valence-corrected chi connectivity index (χ3v) is 7.25. The molecule has 0 aliphatic carbocycles. The van der Waals surface area contributed by atoms with Crippen molar-refractivity contribution in [1.82, 2.24) is 20.9 Å². The van der Waals surface area contributed by atoms with Crippen LogP contribution in [-0.2, 0) is 41.7 Å². The number of nitrogens with one attached hydrogen (secondary N) is 5. The maximum Gasteiger partial charge on any atom is 0.329 e. The Bertz CT molecular complexity index is 1440. The first-order valence-corrected chi connectivity index (χ1v) is 14.3. The zero-order valence-corrected chi connectivity index (χ0v) is 24.6. The fourth-order valence-electron chi connectivity index (χ4n) is 4.62. The number of ether oxygens (including phenoxy) is 1. The van der Waals surface area contributed by atoms with Gasteiger partial charge >= 0.3 is 5.97 Å². The van der Waals surface area contributed by atoms with Crippen LogP contribution in [0, 0.1) is 11.3 Å². The van der Waals surface area contributed by atoms with E-state index in [2.05, 4.69) is 20.9 Å². The van der Waals surface area contributed by atoms with E-state index < -0.39 is 47.6 Å². The second-order valence-corrected chi connectivity index (χ2v) is 10.5. The van der Waals surface area contributed by atoms with E-state index in [9.17, 15) is 24.0 Å². The van der Waals surface area contributed by atoms with Crippen molar-refractivity contribution in [2.45, 2.75) is 71.2 Å². The first kappa shape index (κ1) is 32.7. The monoisotopic (exact) mass is 589 g/mol. The molecule has 3 rings (SSSR count). The molecule has 5 N–H and O–H groups in total. The summed E-state index contributed by atoms with van der Waals surface area (Å²) in [5.74, 6) is -3.18. The van der Waals surface area contributed by atoms with Gasteiger partial charge in [-0.05, 0) is 29.5 Å². The zero-order chi connectivity index (χ0) is 31.4. The molecule has 3 aromatic rings. The molecule has 0 fully saturated rings. The molecular weight excluding hydrogens is 550 g/mol. The molecule has 228 valence electrons. The van der Waals surface area contributed by atoms with E-state index in [1.54, 1.807) is 13.1 Å². The van der Waals surface area contributed by atoms with Crippen LogP contribution in [-0.4, -0.2) is 58.8 Å². The average Bonchev–Trinajstić information content (AvgIpc) is 3.42. The van der Waals surface area contributed by atoms with Crippen molar-refractivity contribution in [3.8, 4) is 0 Å². The average molecular weight is 590 g/mol. The Balaban J connectivity index is 1.78. The van der Waals surface area contributed by atoms with Gasteiger partial charge in [-0.1, -0.05) is 68.8 Å². The van der Waals surface area contributed by atoms with Crippen LogP contribution in [0.25, 0.3) is 10.9 Å². The highest BCUT2D eigenvalue weighted by atomic mass is 16.5. The van der Waals surface area contributed by atoms with Gasteiger partial charge in [0.15, 0.2) is 5.78 Å². The summed E-state index contributed by atoms with van der Waals surface area (Å²) in [6.45, 7) is 5.00. The van der Waals surface area contributed by atoms with Gasteiger partial charge in [0.05, 0.1) is 6.21 Å². The van der Waals surface area contributed by atoms with E-state index in [0.717, 1.165) is 22.0 Å². The van der Waals surface area contributed by atoms with Gasteiger partial charge in [-0.25, -0.2) is 4.79 Å². The molecular formula is C32H39N5O6. The number of H-pyrrole nitrogens is 1. The number of carbonyl (C=O) groups excluding carboxylic acids is 5. The normalized spacial score (nSPS) is 13.7. The van der Waals surface area contributed by atoms with Gasteiger partial charge in [-0.2, -0.15) is 0 Å². The number of aromatic nitrogens is 1. The molecule has 11 nitrogen and oxygen atoms in total. The lowest BCUT2D eigenvalue weighted by atomic mass is 9.98. The summed E-state index contributed by atoms with van der Waals surface area (Å²) in [5, 5.41) is 16.1. The Labute approximate surface area is 250 Å². The molecule has 0 aliphatic rings. The number of esters is 1. The highest BCUT2D eigenvalue weighted by Gasteiger charge is 2.32. The summed E-state index contributed by atoms with van der Waals surface area (Å²) in [7, 11) is 0. The summed E-state index contributed by atoms with van der Waals surface area (Å²) in [4.78, 5) is 67.2. The number of Topliss-reactive ketones (excluding diaryl/α,β-unsaturated/α-hetero) is 1. The lowest BCUT2D eigenvalue weighted by Gasteiger charge is -2.27. The Morgan fingerprint density at radius 3 is 2.28 bits per heavy atom. The van der Waals surface area contributed by atoms with Gasteiger partial charge in [-0.15, -0.1) is 0 Å². The number of hydrogen-bond acceptors (Lipinski definition) is 7. The van der Waals surface area contributed by atoms with Gasteiger partial charge in [0.1, 0.15) is 24.7 Å². The second-order valence-electron chi connectivity index (χ2n) is 10.5. The van der Waals surface area contributed by atoms with Crippen molar-refractivity contribution in [2.24, 2.45) is 5.92 Å². The van der Waals surface area contributed by atoms with Crippen LogP contribution >= 0.6 is 0 Å². The second kappa shape index (κ2) is 16.0. The lowest BCUT2D eigenvalue weighted by molar-refractivity contribution is -0.151. The van der Waals surface area contributed by atoms with E-state index in [1.165, 1.54) is 6.92 Å². The molecule has 1 unspecified atom stereocenters. The van der Waals surface area contributed by atoms with Crippen LogP contribution in [0.3, 0.4) is 0 Å². The number of fused-ring (bicyclic) bond motifs is 1. The Hall–Kier alpha value is -4.80. The largest absolute Gasteiger partial charge is 0.459 e. The summed E-state index contributed by atoms with van der Waals surface area (Å²) >= 11 is 0. The molecule has 1 heterocycles. The number of hydrogen-bond donors (Lipinski definition) is 5. The molecule has 11 heteroatoms. The predicted molar refractivity (Wildman–Crippen MR) is 162 cm³/mol. The summed E-state index contributed by atoms with van der Waals surface area (Å²) in [5.41, 5.74) is 2.46. The van der Waals surface area contributed by atoms with Gasteiger partial charge < -0.3 is 31.1 Å². The van der Waals surface area contributed by atoms with E-state index in [-0.39, 0.29) is 31.8 Å². The van der Waals surface area contributed by atoms with E-state index in [1.807, 2.05) is 61.5 Å². The zero-order valence-electron chi connectivity index (χ0n) is 24.6. The van der Waals surface area contributed by atoms with Gasteiger partial charge in [0, 0.05) is 36.9 Å². The molecule has 0 radical (unpaired) electrons. The molecule has 3 amide bonds. The van der Waals surface area contributed by atoms with E-state index in [4.69, 9.17) is 10.1 Å². The minimum absolute atomic E-state index is 0.0305. The minimum Gasteiger partial charge on any atom is -0.459 e. The van der Waals surface area contributed by atoms with Crippen molar-refractivity contribution in [3.05, 3.63) is 71.9 Å². The number of benzene rings is 2. The number of ketones is 1. The maximum absolute atomic E-state index is 13.5. The van der Waals surface area contributed by atoms with Crippen molar-refractivity contribution in [2.75, 3.05) is 0 Å². The molecule has 0 spiro atoms. The Morgan fingerprint density at radius 2 is 1.60 bits per heavy atom. The van der Waals surface area contributed by atoms with Crippen molar-refractivity contribution in [3.63, 3.8) is 0 Å². The topological polar surface area (TPSA) is 170 Å². The molecule has 0 aliphatic heterocycles. The number of amides is 3. The molecule has 2 aromatic carbocycles. The molecule has 0 bridgehead atoms. The molecule has 0 saturated heterocycles. The van der Waals surface area contributed by atoms with Crippen molar-refractivity contribution in [1.29, 1.82) is 5.41 Å². The number of rotatable bonds is 16. The molecule has 43 heavy (non-hydrogen) atoms. The standard InChI is InChI=1S/C32H39N5O6/c1-4-20(2)29(32(42)43-19-22-10-6-5-7-11-22)37-30(40)27(15-14-24(39)17-33)36-31(41)28(35-21(3)38)16-23-18-34-26-13-9-8-12-25(23)26/h5-13,17-18,20,27-29,33-34H,4,14-16,19H2,1-3H3,(H,35,38)(H,36,41)(H,37,40)/t20?,27-,28-,29-/m0/s1. The SMILES string of the molecule is CCC(C)[C@H](NC(=O)[C@H](CCC(=O)C=N)NC(=O)[C@H](Cc1c[nH]c2ccccc12)NC(C)=O)C(=O)OCc1ccccc1. The molecule has 4 atom stereocenters.